The number of anilines is 2. The molecule has 21 heavy (non-hydrogen) atoms. The van der Waals surface area contributed by atoms with Crippen molar-refractivity contribution in [2.75, 3.05) is 17.7 Å². The number of nitrogens with two attached hydrogens (primary N) is 1. The maximum absolute atomic E-state index is 12.6. The third kappa shape index (κ3) is 3.77. The maximum Gasteiger partial charge on any atom is 0.451 e. The molecule has 2 aromatic heterocycles. The van der Waals surface area contributed by atoms with Crippen molar-refractivity contribution in [3.05, 3.63) is 35.4 Å². The zero-order valence-corrected chi connectivity index (χ0v) is 11.4. The Bertz CT molecular complexity index is 626. The molecule has 0 atom stereocenters. The maximum atomic E-state index is 12.6. The first-order valence-electron chi connectivity index (χ1n) is 5.97. The van der Waals surface area contributed by atoms with Gasteiger partial charge in [0.25, 0.3) is 0 Å². The van der Waals surface area contributed by atoms with Crippen LogP contribution in [0.2, 0.25) is 0 Å². The van der Waals surface area contributed by atoms with E-state index in [0.29, 0.717) is 5.69 Å². The van der Waals surface area contributed by atoms with Crippen molar-refractivity contribution in [2.24, 2.45) is 0 Å². The summed E-state index contributed by atoms with van der Waals surface area (Å²) < 4.78 is 37.9. The molecule has 0 spiro atoms. The molecule has 2 rings (SSSR count). The van der Waals surface area contributed by atoms with Crippen molar-refractivity contribution >= 4 is 11.9 Å². The number of alkyl halides is 3. The van der Waals surface area contributed by atoms with Crippen molar-refractivity contribution < 1.29 is 13.2 Å². The van der Waals surface area contributed by atoms with Gasteiger partial charge in [0.2, 0.25) is 17.7 Å². The number of nitrogen functional groups attached to an aromatic ring is 1. The molecule has 0 unspecified atom stereocenters. The molecule has 6 nitrogen and oxygen atoms in total. The number of hydrogen-bond acceptors (Lipinski definition) is 6. The van der Waals surface area contributed by atoms with E-state index in [0.717, 1.165) is 5.56 Å². The highest BCUT2D eigenvalue weighted by Gasteiger charge is 2.36. The predicted molar refractivity (Wildman–Crippen MR) is 70.3 cm³/mol. The minimum Gasteiger partial charge on any atom is -0.368 e. The van der Waals surface area contributed by atoms with Gasteiger partial charge in [0.15, 0.2) is 0 Å². The Kier molecular flexibility index (Phi) is 3.92. The molecule has 0 saturated carbocycles. The molecule has 9 heteroatoms. The van der Waals surface area contributed by atoms with E-state index in [1.807, 2.05) is 13.0 Å². The van der Waals surface area contributed by atoms with E-state index in [1.165, 1.54) is 4.90 Å². The fourth-order valence-corrected chi connectivity index (χ4v) is 1.58. The number of pyridine rings is 1. The van der Waals surface area contributed by atoms with Crippen molar-refractivity contribution in [1.29, 1.82) is 0 Å². The van der Waals surface area contributed by atoms with Gasteiger partial charge in [-0.05, 0) is 18.6 Å². The van der Waals surface area contributed by atoms with Crippen LogP contribution < -0.4 is 10.6 Å². The average Bonchev–Trinajstić information content (AvgIpc) is 2.39. The second-order valence-electron chi connectivity index (χ2n) is 4.50. The standard InChI is InChI=1S/C12H13F3N6/c1-7-3-4-8(17-5-7)6-21(2)11-19-9(12(13,14)15)18-10(16)20-11/h3-5H,6H2,1-2H3,(H2,16,18,19,20). The molecule has 0 amide bonds. The zero-order chi connectivity index (χ0) is 15.6. The smallest absolute Gasteiger partial charge is 0.368 e. The summed E-state index contributed by atoms with van der Waals surface area (Å²) in [5, 5.41) is 0. The predicted octanol–water partition coefficient (Wildman–Crippen LogP) is 1.81. The van der Waals surface area contributed by atoms with E-state index < -0.39 is 17.9 Å². The van der Waals surface area contributed by atoms with E-state index in [-0.39, 0.29) is 12.5 Å². The van der Waals surface area contributed by atoms with E-state index in [9.17, 15) is 13.2 Å². The lowest BCUT2D eigenvalue weighted by atomic mass is 10.3. The van der Waals surface area contributed by atoms with Crippen LogP contribution in [0.5, 0.6) is 0 Å². The van der Waals surface area contributed by atoms with E-state index in [4.69, 9.17) is 5.73 Å². The highest BCUT2D eigenvalue weighted by atomic mass is 19.4. The first kappa shape index (κ1) is 14.9. The van der Waals surface area contributed by atoms with Crippen molar-refractivity contribution in [2.45, 2.75) is 19.6 Å². The molecule has 0 radical (unpaired) electrons. The number of aromatic nitrogens is 4. The Hall–Kier alpha value is -2.45. The SMILES string of the molecule is Cc1ccc(CN(C)c2nc(N)nc(C(F)(F)F)n2)nc1. The number of rotatable bonds is 3. The Balaban J connectivity index is 2.24. The summed E-state index contributed by atoms with van der Waals surface area (Å²) in [5.74, 6) is -1.94. The van der Waals surface area contributed by atoms with Crippen LogP contribution in [0.1, 0.15) is 17.1 Å². The van der Waals surface area contributed by atoms with Gasteiger partial charge in [0.05, 0.1) is 12.2 Å². The van der Waals surface area contributed by atoms with Crippen LogP contribution in [0.4, 0.5) is 25.1 Å². The lowest BCUT2D eigenvalue weighted by Crippen LogP contribution is -2.23. The van der Waals surface area contributed by atoms with Crippen molar-refractivity contribution in [3.63, 3.8) is 0 Å². The number of halogens is 3. The third-order valence-corrected chi connectivity index (χ3v) is 2.61. The van der Waals surface area contributed by atoms with Crippen LogP contribution in [0.25, 0.3) is 0 Å². The summed E-state index contributed by atoms with van der Waals surface area (Å²) in [7, 11) is 1.55. The minimum absolute atomic E-state index is 0.155. The normalized spacial score (nSPS) is 11.5. The molecule has 0 bridgehead atoms. The molecule has 2 N–H and O–H groups in total. The summed E-state index contributed by atoms with van der Waals surface area (Å²) in [5.41, 5.74) is 6.97. The Morgan fingerprint density at radius 2 is 1.90 bits per heavy atom. The van der Waals surface area contributed by atoms with Crippen LogP contribution in [0.15, 0.2) is 18.3 Å². The zero-order valence-electron chi connectivity index (χ0n) is 11.4. The van der Waals surface area contributed by atoms with Crippen molar-refractivity contribution in [3.8, 4) is 0 Å². The second kappa shape index (κ2) is 5.51. The Labute approximate surface area is 118 Å². The van der Waals surface area contributed by atoms with Gasteiger partial charge >= 0.3 is 6.18 Å². The van der Waals surface area contributed by atoms with E-state index >= 15 is 0 Å². The third-order valence-electron chi connectivity index (χ3n) is 2.61. The average molecular weight is 298 g/mol. The number of aryl methyl sites for hydroxylation is 1. The number of nitrogens with zero attached hydrogens (tertiary/aromatic N) is 5. The fourth-order valence-electron chi connectivity index (χ4n) is 1.58. The largest absolute Gasteiger partial charge is 0.451 e. The first-order chi connectivity index (χ1) is 9.75. The van der Waals surface area contributed by atoms with Gasteiger partial charge in [0, 0.05) is 13.2 Å². The molecule has 0 aliphatic carbocycles. The molecule has 0 aromatic carbocycles. The second-order valence-corrected chi connectivity index (χ2v) is 4.50. The van der Waals surface area contributed by atoms with Crippen LogP contribution >= 0.6 is 0 Å². The van der Waals surface area contributed by atoms with Gasteiger partial charge in [0.1, 0.15) is 0 Å². The fraction of sp³-hybridized carbons (Fsp3) is 0.333. The topological polar surface area (TPSA) is 80.8 Å². The first-order valence-corrected chi connectivity index (χ1v) is 5.97. The lowest BCUT2D eigenvalue weighted by Gasteiger charge is -2.17. The highest BCUT2D eigenvalue weighted by molar-refractivity contribution is 5.35. The lowest BCUT2D eigenvalue weighted by molar-refractivity contribution is -0.144. The molecule has 0 aliphatic heterocycles. The summed E-state index contributed by atoms with van der Waals surface area (Å²) in [6.07, 6.45) is -3.00. The summed E-state index contributed by atoms with van der Waals surface area (Å²) in [6, 6.07) is 3.64. The molecule has 2 heterocycles. The molecule has 0 aliphatic rings. The van der Waals surface area contributed by atoms with Gasteiger partial charge in [-0.2, -0.15) is 28.1 Å². The summed E-state index contributed by atoms with van der Waals surface area (Å²) in [4.78, 5) is 15.8. The van der Waals surface area contributed by atoms with E-state index in [2.05, 4.69) is 19.9 Å². The Morgan fingerprint density at radius 3 is 2.48 bits per heavy atom. The summed E-state index contributed by atoms with van der Waals surface area (Å²) in [6.45, 7) is 2.14. The highest BCUT2D eigenvalue weighted by Crippen LogP contribution is 2.27. The van der Waals surface area contributed by atoms with Gasteiger partial charge in [-0.15, -0.1) is 0 Å². The van der Waals surface area contributed by atoms with Crippen LogP contribution in [-0.2, 0) is 12.7 Å². The quantitative estimate of drug-likeness (QED) is 0.930. The van der Waals surface area contributed by atoms with Gasteiger partial charge in [-0.3, -0.25) is 4.98 Å². The van der Waals surface area contributed by atoms with Gasteiger partial charge in [-0.1, -0.05) is 6.07 Å². The van der Waals surface area contributed by atoms with E-state index in [1.54, 1.807) is 19.3 Å². The van der Waals surface area contributed by atoms with Crippen molar-refractivity contribution in [1.82, 2.24) is 19.9 Å². The van der Waals surface area contributed by atoms with Gasteiger partial charge < -0.3 is 10.6 Å². The van der Waals surface area contributed by atoms with Gasteiger partial charge in [-0.25, -0.2) is 0 Å². The molecule has 0 saturated heterocycles. The van der Waals surface area contributed by atoms with Crippen LogP contribution in [-0.4, -0.2) is 27.0 Å². The Morgan fingerprint density at radius 1 is 1.19 bits per heavy atom. The molecular weight excluding hydrogens is 285 g/mol. The summed E-state index contributed by atoms with van der Waals surface area (Å²) >= 11 is 0. The number of hydrogen-bond donors (Lipinski definition) is 1. The minimum atomic E-state index is -4.67. The molecular formula is C12H13F3N6. The van der Waals surface area contributed by atoms with Crippen LogP contribution in [0, 0.1) is 6.92 Å². The molecule has 2 aromatic rings. The molecule has 0 fully saturated rings. The molecule has 112 valence electrons. The monoisotopic (exact) mass is 298 g/mol. The van der Waals surface area contributed by atoms with Crippen LogP contribution in [0.3, 0.4) is 0 Å².